The van der Waals surface area contributed by atoms with Gasteiger partial charge in [0.05, 0.1) is 10.6 Å². The molecule has 2 aromatic carbocycles. The first-order chi connectivity index (χ1) is 13.1. The van der Waals surface area contributed by atoms with Gasteiger partial charge in [-0.2, -0.15) is 13.2 Å². The molecule has 0 spiro atoms. The zero-order valence-corrected chi connectivity index (χ0v) is 16.8. The van der Waals surface area contributed by atoms with Gasteiger partial charge in [0.15, 0.2) is 0 Å². The molecule has 0 radical (unpaired) electrons. The minimum absolute atomic E-state index is 0.115. The van der Waals surface area contributed by atoms with Crippen LogP contribution in [0.2, 0.25) is 10.0 Å². The maximum absolute atomic E-state index is 13.3. The fourth-order valence-electron chi connectivity index (χ4n) is 3.49. The number of amides is 1. The molecule has 1 saturated heterocycles. The van der Waals surface area contributed by atoms with Crippen LogP contribution in [0.25, 0.3) is 16.7 Å². The summed E-state index contributed by atoms with van der Waals surface area (Å²) in [6.07, 6.45) is -3.06. The topological polar surface area (TPSA) is 29.1 Å². The first kappa shape index (κ1) is 20.7. The Labute approximate surface area is 171 Å². The van der Waals surface area contributed by atoms with Gasteiger partial charge in [-0.15, -0.1) is 0 Å². The molecular weight excluding hydrogens is 410 g/mol. The number of carbonyl (C=O) groups is 1. The standard InChI is InChI=1S/C21H18Cl2F3NO/c1-11(15-4-3-7-27-20(15)28)16-9-14(22)10-17(12(16)2)13-5-6-19(23)18(8-13)21(24,25)26/h5-6,8-10H,3-4,7H2,1-2H3,(H,27,28)/b15-11+. The van der Waals surface area contributed by atoms with E-state index in [-0.39, 0.29) is 10.9 Å². The van der Waals surface area contributed by atoms with Gasteiger partial charge in [-0.05, 0) is 78.8 Å². The number of halogens is 5. The number of carbonyl (C=O) groups excluding carboxylic acids is 1. The number of hydrogen-bond acceptors (Lipinski definition) is 1. The van der Waals surface area contributed by atoms with Crippen molar-refractivity contribution in [1.82, 2.24) is 5.32 Å². The summed E-state index contributed by atoms with van der Waals surface area (Å²) in [5, 5.41) is 2.86. The largest absolute Gasteiger partial charge is 0.417 e. The highest BCUT2D eigenvalue weighted by molar-refractivity contribution is 6.32. The molecule has 0 unspecified atom stereocenters. The van der Waals surface area contributed by atoms with E-state index >= 15 is 0 Å². The third-order valence-electron chi connectivity index (χ3n) is 4.98. The Hall–Kier alpha value is -1.98. The molecule has 1 amide bonds. The van der Waals surface area contributed by atoms with Crippen LogP contribution >= 0.6 is 23.2 Å². The third kappa shape index (κ3) is 4.06. The highest BCUT2D eigenvalue weighted by atomic mass is 35.5. The summed E-state index contributed by atoms with van der Waals surface area (Å²) in [5.41, 5.74) is 3.00. The van der Waals surface area contributed by atoms with E-state index in [0.717, 1.165) is 29.2 Å². The molecule has 2 nitrogen and oxygen atoms in total. The number of piperidine rings is 1. The maximum Gasteiger partial charge on any atom is 0.417 e. The van der Waals surface area contributed by atoms with Crippen LogP contribution < -0.4 is 5.32 Å². The fourth-order valence-corrected chi connectivity index (χ4v) is 3.93. The summed E-state index contributed by atoms with van der Waals surface area (Å²) in [7, 11) is 0. The summed E-state index contributed by atoms with van der Waals surface area (Å²) in [4.78, 5) is 12.2. The van der Waals surface area contributed by atoms with Crippen LogP contribution in [0.1, 0.15) is 36.5 Å². The second-order valence-corrected chi connectivity index (χ2v) is 7.62. The lowest BCUT2D eigenvalue weighted by molar-refractivity contribution is -0.137. The smallest absolute Gasteiger partial charge is 0.352 e. The van der Waals surface area contributed by atoms with Crippen molar-refractivity contribution >= 4 is 34.7 Å². The van der Waals surface area contributed by atoms with Gasteiger partial charge in [0.1, 0.15) is 0 Å². The molecular formula is C21H18Cl2F3NO. The van der Waals surface area contributed by atoms with Crippen molar-refractivity contribution in [3.8, 4) is 11.1 Å². The highest BCUT2D eigenvalue weighted by Crippen LogP contribution is 2.40. The van der Waals surface area contributed by atoms with Gasteiger partial charge in [-0.25, -0.2) is 0 Å². The molecule has 0 aromatic heterocycles. The zero-order chi connectivity index (χ0) is 20.6. The number of alkyl halides is 3. The van der Waals surface area contributed by atoms with Crippen molar-refractivity contribution < 1.29 is 18.0 Å². The molecule has 1 aliphatic rings. The minimum Gasteiger partial charge on any atom is -0.352 e. The predicted molar refractivity (Wildman–Crippen MR) is 106 cm³/mol. The molecule has 0 saturated carbocycles. The van der Waals surface area contributed by atoms with Crippen molar-refractivity contribution in [3.05, 3.63) is 62.6 Å². The average Bonchev–Trinajstić information content (AvgIpc) is 2.63. The fraction of sp³-hybridized carbons (Fsp3) is 0.286. The van der Waals surface area contributed by atoms with Crippen molar-refractivity contribution in [2.24, 2.45) is 0 Å². The summed E-state index contributed by atoms with van der Waals surface area (Å²) >= 11 is 12.0. The Bertz CT molecular complexity index is 980. The molecule has 1 heterocycles. The van der Waals surface area contributed by atoms with E-state index in [1.165, 1.54) is 12.1 Å². The van der Waals surface area contributed by atoms with Gasteiger partial charge in [0.25, 0.3) is 0 Å². The third-order valence-corrected chi connectivity index (χ3v) is 5.52. The molecule has 1 N–H and O–H groups in total. The molecule has 0 bridgehead atoms. The SMILES string of the molecule is C/C(=C1/CCCNC1=O)c1cc(Cl)cc(-c2ccc(Cl)c(C(F)(F)F)c2)c1C. The first-order valence-corrected chi connectivity index (χ1v) is 9.50. The molecule has 1 fully saturated rings. The Morgan fingerprint density at radius 1 is 1.14 bits per heavy atom. The molecule has 1 aliphatic heterocycles. The van der Waals surface area contributed by atoms with Crippen molar-refractivity contribution in [3.63, 3.8) is 0 Å². The molecule has 0 atom stereocenters. The van der Waals surface area contributed by atoms with Crippen LogP contribution in [0.5, 0.6) is 0 Å². The maximum atomic E-state index is 13.3. The second kappa shape index (κ2) is 7.80. The lowest BCUT2D eigenvalue weighted by Gasteiger charge is -2.20. The first-order valence-electron chi connectivity index (χ1n) is 8.75. The van der Waals surface area contributed by atoms with Crippen molar-refractivity contribution in [2.75, 3.05) is 6.54 Å². The van der Waals surface area contributed by atoms with Gasteiger partial charge >= 0.3 is 6.18 Å². The zero-order valence-electron chi connectivity index (χ0n) is 15.3. The van der Waals surface area contributed by atoms with Crippen LogP contribution in [0, 0.1) is 6.92 Å². The average molecular weight is 428 g/mol. The number of allylic oxidation sites excluding steroid dienone is 1. The van der Waals surface area contributed by atoms with Gasteiger partial charge < -0.3 is 5.32 Å². The molecule has 28 heavy (non-hydrogen) atoms. The Kier molecular flexibility index (Phi) is 5.78. The molecule has 0 aliphatic carbocycles. The Balaban J connectivity index is 2.18. The molecule has 148 valence electrons. The second-order valence-electron chi connectivity index (χ2n) is 6.78. The van der Waals surface area contributed by atoms with E-state index in [9.17, 15) is 18.0 Å². The normalized spacial score (nSPS) is 16.8. The van der Waals surface area contributed by atoms with Crippen molar-refractivity contribution in [2.45, 2.75) is 32.9 Å². The lowest BCUT2D eigenvalue weighted by Crippen LogP contribution is -2.31. The summed E-state index contributed by atoms with van der Waals surface area (Å²) in [6, 6.07) is 7.17. The van der Waals surface area contributed by atoms with Crippen LogP contribution in [-0.2, 0) is 11.0 Å². The van der Waals surface area contributed by atoms with E-state index in [2.05, 4.69) is 5.32 Å². The number of rotatable bonds is 2. The van der Waals surface area contributed by atoms with Crippen LogP contribution in [0.3, 0.4) is 0 Å². The number of benzene rings is 2. The molecule has 2 aromatic rings. The Morgan fingerprint density at radius 3 is 2.50 bits per heavy atom. The van der Waals surface area contributed by atoms with Gasteiger partial charge in [-0.1, -0.05) is 29.3 Å². The quantitative estimate of drug-likeness (QED) is 0.532. The number of hydrogen-bond donors (Lipinski definition) is 1. The van der Waals surface area contributed by atoms with E-state index < -0.39 is 11.7 Å². The van der Waals surface area contributed by atoms with Gasteiger partial charge in [0.2, 0.25) is 5.91 Å². The Morgan fingerprint density at radius 2 is 1.86 bits per heavy atom. The predicted octanol–water partition coefficient (Wildman–Crippen LogP) is 6.67. The van der Waals surface area contributed by atoms with E-state index in [0.29, 0.717) is 34.7 Å². The van der Waals surface area contributed by atoms with Crippen LogP contribution in [-0.4, -0.2) is 12.5 Å². The molecule has 3 rings (SSSR count). The lowest BCUT2D eigenvalue weighted by atomic mass is 9.89. The van der Waals surface area contributed by atoms with Crippen LogP contribution in [0.15, 0.2) is 35.9 Å². The summed E-state index contributed by atoms with van der Waals surface area (Å²) in [5.74, 6) is -0.115. The van der Waals surface area contributed by atoms with Crippen molar-refractivity contribution in [1.29, 1.82) is 0 Å². The molecule has 7 heteroatoms. The monoisotopic (exact) mass is 427 g/mol. The summed E-state index contributed by atoms with van der Waals surface area (Å²) < 4.78 is 39.8. The van der Waals surface area contributed by atoms with Gasteiger partial charge in [-0.3, -0.25) is 4.79 Å². The van der Waals surface area contributed by atoms with E-state index in [1.54, 1.807) is 12.1 Å². The highest BCUT2D eigenvalue weighted by Gasteiger charge is 2.33. The van der Waals surface area contributed by atoms with Crippen LogP contribution in [0.4, 0.5) is 13.2 Å². The summed E-state index contributed by atoms with van der Waals surface area (Å²) in [6.45, 7) is 4.29. The van der Waals surface area contributed by atoms with E-state index in [4.69, 9.17) is 23.2 Å². The minimum atomic E-state index is -4.56. The van der Waals surface area contributed by atoms with Gasteiger partial charge in [0, 0.05) is 17.1 Å². The number of nitrogens with one attached hydrogen (secondary N) is 1. The van der Waals surface area contributed by atoms with E-state index in [1.807, 2.05) is 13.8 Å².